The van der Waals surface area contributed by atoms with E-state index in [9.17, 15) is 5.11 Å². The maximum Gasteiger partial charge on any atom is 0.227 e. The van der Waals surface area contributed by atoms with Gasteiger partial charge in [0.1, 0.15) is 0 Å². The third-order valence-electron chi connectivity index (χ3n) is 2.79. The molecule has 0 aromatic heterocycles. The molecule has 1 aromatic rings. The van der Waals surface area contributed by atoms with Crippen LogP contribution in [0.4, 0.5) is 0 Å². The third kappa shape index (κ3) is 2.25. The Hall–Kier alpha value is -0.940. The van der Waals surface area contributed by atoms with E-state index in [4.69, 9.17) is 14.5 Å². The number of aliphatic hydroxyl groups is 1. The molecule has 1 heterocycles. The van der Waals surface area contributed by atoms with Crippen molar-refractivity contribution in [1.29, 1.82) is 0 Å². The van der Waals surface area contributed by atoms with E-state index in [0.29, 0.717) is 12.8 Å². The number of hydrogen-bond acceptors (Lipinski definition) is 4. The molecular formula is C12H16O4. The van der Waals surface area contributed by atoms with E-state index in [1.807, 2.05) is 30.3 Å². The van der Waals surface area contributed by atoms with Gasteiger partial charge in [-0.25, -0.2) is 4.89 Å². The summed E-state index contributed by atoms with van der Waals surface area (Å²) in [5.41, 5.74) is 0.895. The first-order valence-electron chi connectivity index (χ1n) is 5.40. The van der Waals surface area contributed by atoms with E-state index in [1.165, 1.54) is 0 Å². The topological polar surface area (TPSA) is 47.9 Å². The molecular weight excluding hydrogens is 208 g/mol. The van der Waals surface area contributed by atoms with Gasteiger partial charge in [-0.2, -0.15) is 4.89 Å². The van der Waals surface area contributed by atoms with Crippen LogP contribution in [0.15, 0.2) is 30.3 Å². The van der Waals surface area contributed by atoms with Crippen molar-refractivity contribution in [1.82, 2.24) is 0 Å². The number of benzene rings is 1. The molecule has 0 amide bonds. The normalized spacial score (nSPS) is 31.0. The fraction of sp³-hybridized carbons (Fsp3) is 0.500. The smallest absolute Gasteiger partial charge is 0.227 e. The second-order valence-corrected chi connectivity index (χ2v) is 3.85. The first-order chi connectivity index (χ1) is 7.77. The molecule has 0 spiro atoms. The minimum Gasteiger partial charge on any atom is -0.366 e. The lowest BCUT2D eigenvalue weighted by molar-refractivity contribution is -0.465. The van der Waals surface area contributed by atoms with Crippen LogP contribution in [0.1, 0.15) is 24.8 Å². The summed E-state index contributed by atoms with van der Waals surface area (Å²) in [7, 11) is 1.58. The number of ether oxygens (including phenoxy) is 1. The molecule has 1 aliphatic heterocycles. The van der Waals surface area contributed by atoms with Crippen molar-refractivity contribution in [2.45, 2.75) is 31.3 Å². The molecule has 4 nitrogen and oxygen atoms in total. The average Bonchev–Trinajstić information content (AvgIpc) is 2.53. The molecule has 2 rings (SSSR count). The molecule has 1 N–H and O–H groups in total. The molecule has 1 fully saturated rings. The van der Waals surface area contributed by atoms with E-state index in [2.05, 4.69) is 0 Å². The van der Waals surface area contributed by atoms with Gasteiger partial charge in [0, 0.05) is 25.5 Å². The van der Waals surface area contributed by atoms with E-state index in [-0.39, 0.29) is 0 Å². The lowest BCUT2D eigenvalue weighted by atomic mass is 10.00. The molecule has 1 saturated heterocycles. The van der Waals surface area contributed by atoms with Gasteiger partial charge < -0.3 is 9.84 Å². The molecule has 4 heteroatoms. The van der Waals surface area contributed by atoms with Gasteiger partial charge in [0.05, 0.1) is 0 Å². The van der Waals surface area contributed by atoms with Gasteiger partial charge >= 0.3 is 0 Å². The standard InChI is InChI=1S/C12H16O4/c1-14-12(10-6-3-2-4-7-10)9-5-8-11(13)15-16-12/h2-4,6-7,11,13H,5,8-9H2,1H3. The van der Waals surface area contributed by atoms with Gasteiger partial charge in [0.15, 0.2) is 6.29 Å². The van der Waals surface area contributed by atoms with Crippen LogP contribution in [0.2, 0.25) is 0 Å². The largest absolute Gasteiger partial charge is 0.366 e. The van der Waals surface area contributed by atoms with Crippen molar-refractivity contribution in [3.63, 3.8) is 0 Å². The molecule has 0 aliphatic carbocycles. The average molecular weight is 224 g/mol. The van der Waals surface area contributed by atoms with Crippen LogP contribution < -0.4 is 0 Å². The highest BCUT2D eigenvalue weighted by atomic mass is 17.2. The SMILES string of the molecule is COC1(c2ccccc2)CCCC(O)OO1. The van der Waals surface area contributed by atoms with Gasteiger partial charge in [0.2, 0.25) is 5.79 Å². The third-order valence-corrected chi connectivity index (χ3v) is 2.79. The van der Waals surface area contributed by atoms with Crippen molar-refractivity contribution in [3.8, 4) is 0 Å². The van der Waals surface area contributed by atoms with Crippen molar-refractivity contribution >= 4 is 0 Å². The number of methoxy groups -OCH3 is 1. The van der Waals surface area contributed by atoms with E-state index >= 15 is 0 Å². The van der Waals surface area contributed by atoms with Gasteiger partial charge in [-0.05, 0) is 6.42 Å². The van der Waals surface area contributed by atoms with Gasteiger partial charge in [-0.15, -0.1) is 0 Å². The Kier molecular flexibility index (Phi) is 3.56. The van der Waals surface area contributed by atoms with Crippen LogP contribution in [0.25, 0.3) is 0 Å². The summed E-state index contributed by atoms with van der Waals surface area (Å²) in [6.07, 6.45) is 1.12. The molecule has 0 bridgehead atoms. The van der Waals surface area contributed by atoms with Crippen LogP contribution in [-0.2, 0) is 20.3 Å². The summed E-state index contributed by atoms with van der Waals surface area (Å²) in [6, 6.07) is 9.61. The summed E-state index contributed by atoms with van der Waals surface area (Å²) in [5, 5.41) is 9.36. The summed E-state index contributed by atoms with van der Waals surface area (Å²) < 4.78 is 5.43. The van der Waals surface area contributed by atoms with Crippen molar-refractivity contribution in [2.24, 2.45) is 0 Å². The van der Waals surface area contributed by atoms with Crippen molar-refractivity contribution < 1.29 is 19.6 Å². The first kappa shape index (κ1) is 11.5. The quantitative estimate of drug-likeness (QED) is 0.780. The van der Waals surface area contributed by atoms with E-state index < -0.39 is 12.1 Å². The maximum atomic E-state index is 9.36. The minimum atomic E-state index is -0.904. The second-order valence-electron chi connectivity index (χ2n) is 3.85. The highest BCUT2D eigenvalue weighted by Crippen LogP contribution is 2.35. The van der Waals surface area contributed by atoms with Crippen molar-refractivity contribution in [2.75, 3.05) is 7.11 Å². The molecule has 2 unspecified atom stereocenters. The molecule has 0 saturated carbocycles. The zero-order valence-electron chi connectivity index (χ0n) is 9.26. The van der Waals surface area contributed by atoms with E-state index in [0.717, 1.165) is 12.0 Å². The predicted molar refractivity (Wildman–Crippen MR) is 57.2 cm³/mol. The molecule has 88 valence electrons. The van der Waals surface area contributed by atoms with E-state index in [1.54, 1.807) is 7.11 Å². The van der Waals surface area contributed by atoms with Gasteiger partial charge in [-0.1, -0.05) is 30.3 Å². The zero-order valence-corrected chi connectivity index (χ0v) is 9.26. The first-order valence-corrected chi connectivity index (χ1v) is 5.40. The Labute approximate surface area is 94.7 Å². The van der Waals surface area contributed by atoms with Crippen LogP contribution in [0.3, 0.4) is 0 Å². The Morgan fingerprint density at radius 1 is 1.38 bits per heavy atom. The fourth-order valence-corrected chi connectivity index (χ4v) is 1.87. The zero-order chi connectivity index (χ0) is 11.4. The van der Waals surface area contributed by atoms with Gasteiger partial charge in [0.25, 0.3) is 0 Å². The van der Waals surface area contributed by atoms with Gasteiger partial charge in [-0.3, -0.25) is 0 Å². The highest BCUT2D eigenvalue weighted by Gasteiger charge is 2.37. The fourth-order valence-electron chi connectivity index (χ4n) is 1.87. The lowest BCUT2D eigenvalue weighted by Crippen LogP contribution is -2.31. The van der Waals surface area contributed by atoms with Crippen LogP contribution >= 0.6 is 0 Å². The number of aliphatic hydroxyl groups excluding tert-OH is 1. The summed E-state index contributed by atoms with van der Waals surface area (Å²) in [4.78, 5) is 10.2. The maximum absolute atomic E-state index is 9.36. The molecule has 2 atom stereocenters. The number of rotatable bonds is 2. The minimum absolute atomic E-state index is 0.554. The summed E-state index contributed by atoms with van der Waals surface area (Å²) in [5.74, 6) is -0.904. The Bertz CT molecular complexity index is 327. The van der Waals surface area contributed by atoms with Crippen LogP contribution in [0.5, 0.6) is 0 Å². The highest BCUT2D eigenvalue weighted by molar-refractivity contribution is 5.20. The second kappa shape index (κ2) is 4.93. The van der Waals surface area contributed by atoms with Crippen LogP contribution in [0, 0.1) is 0 Å². The Morgan fingerprint density at radius 2 is 2.12 bits per heavy atom. The summed E-state index contributed by atoms with van der Waals surface area (Å²) in [6.45, 7) is 0. The molecule has 1 aromatic carbocycles. The predicted octanol–water partition coefficient (Wildman–Crippen LogP) is 1.94. The molecule has 0 radical (unpaired) electrons. The Morgan fingerprint density at radius 3 is 2.81 bits per heavy atom. The van der Waals surface area contributed by atoms with Crippen LogP contribution in [-0.4, -0.2) is 18.5 Å². The monoisotopic (exact) mass is 224 g/mol. The Balaban J connectivity index is 2.25. The lowest BCUT2D eigenvalue weighted by Gasteiger charge is -2.29. The van der Waals surface area contributed by atoms with Crippen molar-refractivity contribution in [3.05, 3.63) is 35.9 Å². The number of hydrogen-bond donors (Lipinski definition) is 1. The molecule has 1 aliphatic rings. The summed E-state index contributed by atoms with van der Waals surface area (Å²) >= 11 is 0. The molecule has 16 heavy (non-hydrogen) atoms.